The third-order valence-electron chi connectivity index (χ3n) is 5.13. The average molecular weight is 358 g/mol. The lowest BCUT2D eigenvalue weighted by molar-refractivity contribution is 0.0976. The van der Waals surface area contributed by atoms with Crippen LogP contribution in [-0.4, -0.2) is 20.3 Å². The Morgan fingerprint density at radius 2 is 2.11 bits per heavy atom. The van der Waals surface area contributed by atoms with E-state index in [1.54, 1.807) is 0 Å². The van der Waals surface area contributed by atoms with Gasteiger partial charge in [0.25, 0.3) is 0 Å². The van der Waals surface area contributed by atoms with Gasteiger partial charge in [0.05, 0.1) is 10.9 Å². The molecule has 0 spiro atoms. The van der Waals surface area contributed by atoms with Crippen molar-refractivity contribution in [1.29, 1.82) is 0 Å². The van der Waals surface area contributed by atoms with Crippen molar-refractivity contribution in [1.82, 2.24) is 14.5 Å². The molecule has 0 radical (unpaired) electrons. The highest BCUT2D eigenvalue weighted by atomic mass is 16.1. The number of rotatable bonds is 4. The molecular weight excluding hydrogens is 336 g/mol. The first kappa shape index (κ1) is 17.3. The van der Waals surface area contributed by atoms with E-state index in [9.17, 15) is 4.79 Å². The molecule has 27 heavy (non-hydrogen) atoms. The number of nitrogens with two attached hydrogens (primary N) is 1. The molecule has 4 rings (SSSR count). The smallest absolute Gasteiger partial charge is 0.163 e. The van der Waals surface area contributed by atoms with Crippen LogP contribution in [0.2, 0.25) is 0 Å². The third-order valence-corrected chi connectivity index (χ3v) is 5.13. The quantitative estimate of drug-likeness (QED) is 0.570. The first-order chi connectivity index (χ1) is 13.1. The number of hydrogen-bond donors (Lipinski definition) is 1. The number of aromatic nitrogens is 3. The lowest BCUT2D eigenvalue weighted by Gasteiger charge is -2.02. The molecule has 3 aromatic rings. The van der Waals surface area contributed by atoms with Gasteiger partial charge in [0, 0.05) is 29.8 Å². The molecule has 0 bridgehead atoms. The summed E-state index contributed by atoms with van der Waals surface area (Å²) in [5.41, 5.74) is 10.3. The molecule has 136 valence electrons. The van der Waals surface area contributed by atoms with Crippen molar-refractivity contribution in [2.45, 2.75) is 39.7 Å². The highest BCUT2D eigenvalue weighted by Gasteiger charge is 2.24. The Balaban J connectivity index is 1.73. The SMILES string of the molecule is CCn1c(C)c(C#Cc2cccc(C(=O)CC3CC3)c2)c2c(N)ncnc21. The van der Waals surface area contributed by atoms with Crippen molar-refractivity contribution in [3.8, 4) is 11.8 Å². The summed E-state index contributed by atoms with van der Waals surface area (Å²) in [6.07, 6.45) is 4.48. The molecule has 1 aliphatic rings. The van der Waals surface area contributed by atoms with Gasteiger partial charge in [-0.1, -0.05) is 24.0 Å². The van der Waals surface area contributed by atoms with Gasteiger partial charge in [0.2, 0.25) is 0 Å². The zero-order valence-corrected chi connectivity index (χ0v) is 15.6. The summed E-state index contributed by atoms with van der Waals surface area (Å²) in [6.45, 7) is 4.87. The molecule has 2 heterocycles. The number of aryl methyl sites for hydroxylation is 1. The molecule has 0 saturated heterocycles. The summed E-state index contributed by atoms with van der Waals surface area (Å²) < 4.78 is 2.09. The first-order valence-corrected chi connectivity index (χ1v) is 9.33. The third kappa shape index (κ3) is 3.31. The molecule has 2 aromatic heterocycles. The fourth-order valence-electron chi connectivity index (χ4n) is 3.46. The number of benzene rings is 1. The lowest BCUT2D eigenvalue weighted by atomic mass is 10.0. The monoisotopic (exact) mass is 358 g/mol. The minimum Gasteiger partial charge on any atom is -0.383 e. The molecule has 1 fully saturated rings. The summed E-state index contributed by atoms with van der Waals surface area (Å²) in [4.78, 5) is 20.9. The Labute approximate surface area is 158 Å². The van der Waals surface area contributed by atoms with E-state index in [1.807, 2.05) is 31.2 Å². The first-order valence-electron chi connectivity index (χ1n) is 9.33. The van der Waals surface area contributed by atoms with Crippen molar-refractivity contribution >= 4 is 22.6 Å². The van der Waals surface area contributed by atoms with E-state index in [2.05, 4.69) is 33.3 Å². The van der Waals surface area contributed by atoms with Crippen LogP contribution in [0.15, 0.2) is 30.6 Å². The van der Waals surface area contributed by atoms with E-state index in [-0.39, 0.29) is 5.78 Å². The minimum atomic E-state index is 0.206. The van der Waals surface area contributed by atoms with Gasteiger partial charge in [-0.3, -0.25) is 4.79 Å². The number of carbonyl (C=O) groups is 1. The maximum atomic E-state index is 12.4. The fraction of sp³-hybridized carbons (Fsp3) is 0.318. The van der Waals surface area contributed by atoms with Crippen LogP contribution in [0.1, 0.15) is 53.4 Å². The van der Waals surface area contributed by atoms with Crippen LogP contribution >= 0.6 is 0 Å². The number of anilines is 1. The second-order valence-corrected chi connectivity index (χ2v) is 7.06. The molecule has 0 amide bonds. The van der Waals surface area contributed by atoms with Crippen LogP contribution in [0.25, 0.3) is 11.0 Å². The van der Waals surface area contributed by atoms with E-state index >= 15 is 0 Å². The number of hydrogen-bond acceptors (Lipinski definition) is 4. The molecule has 0 atom stereocenters. The Bertz CT molecular complexity index is 1100. The molecule has 1 saturated carbocycles. The van der Waals surface area contributed by atoms with Crippen molar-refractivity contribution in [3.05, 3.63) is 53.0 Å². The predicted octanol–water partition coefficient (Wildman–Crippen LogP) is 3.72. The number of nitrogens with zero attached hydrogens (tertiary/aromatic N) is 3. The van der Waals surface area contributed by atoms with Crippen LogP contribution in [0.5, 0.6) is 0 Å². The largest absolute Gasteiger partial charge is 0.383 e. The molecular formula is C22H22N4O. The maximum absolute atomic E-state index is 12.4. The molecule has 1 aliphatic carbocycles. The molecule has 0 aliphatic heterocycles. The topological polar surface area (TPSA) is 73.8 Å². The van der Waals surface area contributed by atoms with Gasteiger partial charge in [-0.15, -0.1) is 0 Å². The molecule has 0 unspecified atom stereocenters. The van der Waals surface area contributed by atoms with E-state index in [0.717, 1.165) is 40.0 Å². The number of ketones is 1. The van der Waals surface area contributed by atoms with Gasteiger partial charge in [0.1, 0.15) is 17.8 Å². The van der Waals surface area contributed by atoms with E-state index < -0.39 is 0 Å². The Kier molecular flexibility index (Phi) is 4.41. The summed E-state index contributed by atoms with van der Waals surface area (Å²) >= 11 is 0. The van der Waals surface area contributed by atoms with Crippen LogP contribution in [-0.2, 0) is 6.54 Å². The highest BCUT2D eigenvalue weighted by molar-refractivity contribution is 5.97. The van der Waals surface area contributed by atoms with E-state index in [1.165, 1.54) is 19.2 Å². The van der Waals surface area contributed by atoms with Gasteiger partial charge in [-0.2, -0.15) is 0 Å². The number of Topliss-reactive ketones (excluding diaryl/α,β-unsaturated/α-hetero) is 1. The summed E-state index contributed by atoms with van der Waals surface area (Å²) in [7, 11) is 0. The zero-order valence-electron chi connectivity index (χ0n) is 15.6. The van der Waals surface area contributed by atoms with Crippen molar-refractivity contribution in [2.24, 2.45) is 5.92 Å². The second-order valence-electron chi connectivity index (χ2n) is 7.06. The number of carbonyl (C=O) groups excluding carboxylic acids is 1. The van der Waals surface area contributed by atoms with Gasteiger partial charge in [-0.05, 0) is 44.7 Å². The van der Waals surface area contributed by atoms with E-state index in [0.29, 0.717) is 18.2 Å². The molecule has 2 N–H and O–H groups in total. The molecule has 5 nitrogen and oxygen atoms in total. The van der Waals surface area contributed by atoms with Gasteiger partial charge < -0.3 is 10.3 Å². The standard InChI is InChI=1S/C22H22N4O/c1-3-26-14(2)18(20-21(23)24-13-25-22(20)26)10-9-15-5-4-6-17(11-15)19(27)12-16-7-8-16/h4-6,11,13,16H,3,7-8,12H2,1-2H3,(H2,23,24,25). The van der Waals surface area contributed by atoms with Gasteiger partial charge >= 0.3 is 0 Å². The normalized spacial score (nSPS) is 13.4. The highest BCUT2D eigenvalue weighted by Crippen LogP contribution is 2.33. The molecule has 5 heteroatoms. The van der Waals surface area contributed by atoms with Gasteiger partial charge in [-0.25, -0.2) is 9.97 Å². The Morgan fingerprint density at radius 3 is 2.85 bits per heavy atom. The van der Waals surface area contributed by atoms with Crippen LogP contribution in [0.3, 0.4) is 0 Å². The Hall–Kier alpha value is -3.13. The summed E-state index contributed by atoms with van der Waals surface area (Å²) in [6, 6.07) is 7.57. The zero-order chi connectivity index (χ0) is 19.0. The van der Waals surface area contributed by atoms with Crippen LogP contribution < -0.4 is 5.73 Å². The van der Waals surface area contributed by atoms with Crippen molar-refractivity contribution in [2.75, 3.05) is 5.73 Å². The maximum Gasteiger partial charge on any atom is 0.163 e. The summed E-state index contributed by atoms with van der Waals surface area (Å²) in [5, 5.41) is 0.797. The minimum absolute atomic E-state index is 0.206. The van der Waals surface area contributed by atoms with Crippen LogP contribution in [0.4, 0.5) is 5.82 Å². The van der Waals surface area contributed by atoms with Crippen molar-refractivity contribution in [3.63, 3.8) is 0 Å². The number of fused-ring (bicyclic) bond motifs is 1. The average Bonchev–Trinajstić information content (AvgIpc) is 3.43. The van der Waals surface area contributed by atoms with Gasteiger partial charge in [0.15, 0.2) is 5.78 Å². The number of nitrogen functional groups attached to an aromatic ring is 1. The van der Waals surface area contributed by atoms with Crippen LogP contribution in [0, 0.1) is 24.7 Å². The fourth-order valence-corrected chi connectivity index (χ4v) is 3.46. The Morgan fingerprint density at radius 1 is 1.30 bits per heavy atom. The second kappa shape index (κ2) is 6.88. The van der Waals surface area contributed by atoms with Crippen molar-refractivity contribution < 1.29 is 4.79 Å². The predicted molar refractivity (Wildman–Crippen MR) is 106 cm³/mol. The lowest BCUT2D eigenvalue weighted by Crippen LogP contribution is -2.00. The molecule has 1 aromatic carbocycles. The summed E-state index contributed by atoms with van der Waals surface area (Å²) in [5.74, 6) is 7.67. The van der Waals surface area contributed by atoms with E-state index in [4.69, 9.17) is 5.73 Å².